The van der Waals surface area contributed by atoms with Gasteiger partial charge in [0.1, 0.15) is 17.7 Å². The number of nitrogen functional groups attached to an aromatic ring is 1. The smallest absolute Gasteiger partial charge is 0.228 e. The van der Waals surface area contributed by atoms with E-state index in [0.717, 1.165) is 23.2 Å². The largest absolute Gasteiger partial charge is 0.459 e. The van der Waals surface area contributed by atoms with Gasteiger partial charge in [-0.2, -0.15) is 4.98 Å². The Bertz CT molecular complexity index is 691. The standard InChI is InChI=1S/C14H15N5O/c1-2-10(18-14-17-8-16-13(15)19-14)12-7-9-5-3-4-6-11(9)20-12/h3-8,10H,2H2,1H3,(H3,15,16,17,18,19). The van der Waals surface area contributed by atoms with Crippen LogP contribution in [-0.2, 0) is 0 Å². The van der Waals surface area contributed by atoms with Crippen LogP contribution in [0.25, 0.3) is 11.0 Å². The lowest BCUT2D eigenvalue weighted by atomic mass is 10.1. The molecule has 6 heteroatoms. The van der Waals surface area contributed by atoms with Gasteiger partial charge < -0.3 is 15.5 Å². The highest BCUT2D eigenvalue weighted by molar-refractivity contribution is 5.77. The van der Waals surface area contributed by atoms with E-state index in [9.17, 15) is 0 Å². The zero-order valence-corrected chi connectivity index (χ0v) is 11.1. The maximum atomic E-state index is 5.86. The van der Waals surface area contributed by atoms with Crippen LogP contribution in [-0.4, -0.2) is 15.0 Å². The predicted octanol–water partition coefficient (Wildman–Crippen LogP) is 2.76. The van der Waals surface area contributed by atoms with Crippen molar-refractivity contribution in [3.05, 3.63) is 42.4 Å². The maximum absolute atomic E-state index is 5.86. The first-order valence-corrected chi connectivity index (χ1v) is 6.46. The van der Waals surface area contributed by atoms with Crippen LogP contribution in [0.5, 0.6) is 0 Å². The summed E-state index contributed by atoms with van der Waals surface area (Å²) in [6, 6.07) is 9.94. The first-order valence-electron chi connectivity index (χ1n) is 6.46. The second-order valence-electron chi connectivity index (χ2n) is 4.46. The molecule has 0 amide bonds. The van der Waals surface area contributed by atoms with Gasteiger partial charge in [0.15, 0.2) is 0 Å². The zero-order chi connectivity index (χ0) is 13.9. The molecular weight excluding hydrogens is 254 g/mol. The van der Waals surface area contributed by atoms with E-state index >= 15 is 0 Å². The molecule has 20 heavy (non-hydrogen) atoms. The molecule has 0 spiro atoms. The first kappa shape index (κ1) is 12.4. The number of nitrogens with two attached hydrogens (primary N) is 1. The Morgan fingerprint density at radius 2 is 2.15 bits per heavy atom. The molecule has 0 fully saturated rings. The summed E-state index contributed by atoms with van der Waals surface area (Å²) < 4.78 is 5.86. The lowest BCUT2D eigenvalue weighted by Crippen LogP contribution is -2.12. The lowest BCUT2D eigenvalue weighted by molar-refractivity contribution is 0.503. The van der Waals surface area contributed by atoms with Gasteiger partial charge in [-0.3, -0.25) is 0 Å². The average molecular weight is 269 g/mol. The van der Waals surface area contributed by atoms with Crippen LogP contribution in [0.1, 0.15) is 25.1 Å². The highest BCUT2D eigenvalue weighted by atomic mass is 16.3. The molecule has 2 heterocycles. The molecule has 0 aliphatic carbocycles. The van der Waals surface area contributed by atoms with Crippen LogP contribution in [0.4, 0.5) is 11.9 Å². The predicted molar refractivity (Wildman–Crippen MR) is 77.1 cm³/mol. The van der Waals surface area contributed by atoms with Crippen LogP contribution in [0, 0.1) is 0 Å². The second-order valence-corrected chi connectivity index (χ2v) is 4.46. The van der Waals surface area contributed by atoms with E-state index in [-0.39, 0.29) is 12.0 Å². The van der Waals surface area contributed by atoms with Crippen molar-refractivity contribution in [3.63, 3.8) is 0 Å². The quantitative estimate of drug-likeness (QED) is 0.757. The number of aromatic nitrogens is 3. The summed E-state index contributed by atoms with van der Waals surface area (Å²) in [5.41, 5.74) is 6.42. The summed E-state index contributed by atoms with van der Waals surface area (Å²) in [6.07, 6.45) is 2.22. The van der Waals surface area contributed by atoms with Crippen molar-refractivity contribution < 1.29 is 4.42 Å². The molecule has 6 nitrogen and oxygen atoms in total. The van der Waals surface area contributed by atoms with E-state index in [1.54, 1.807) is 0 Å². The van der Waals surface area contributed by atoms with Gasteiger partial charge in [-0.15, -0.1) is 0 Å². The van der Waals surface area contributed by atoms with Crippen LogP contribution >= 0.6 is 0 Å². The monoisotopic (exact) mass is 269 g/mol. The Morgan fingerprint density at radius 3 is 2.90 bits per heavy atom. The van der Waals surface area contributed by atoms with Crippen LogP contribution < -0.4 is 11.1 Å². The molecule has 102 valence electrons. The average Bonchev–Trinajstić information content (AvgIpc) is 2.88. The molecule has 0 saturated heterocycles. The number of hydrogen-bond donors (Lipinski definition) is 2. The van der Waals surface area contributed by atoms with E-state index in [0.29, 0.717) is 5.95 Å². The summed E-state index contributed by atoms with van der Waals surface area (Å²) in [4.78, 5) is 11.9. The number of nitrogens with zero attached hydrogens (tertiary/aromatic N) is 3. The molecule has 3 aromatic rings. The van der Waals surface area contributed by atoms with Gasteiger partial charge in [0.05, 0.1) is 6.04 Å². The van der Waals surface area contributed by atoms with Crippen molar-refractivity contribution in [2.24, 2.45) is 0 Å². The number of anilines is 2. The summed E-state index contributed by atoms with van der Waals surface area (Å²) in [6.45, 7) is 2.06. The Labute approximate surface area is 116 Å². The number of nitrogens with one attached hydrogen (secondary N) is 1. The number of rotatable bonds is 4. The lowest BCUT2D eigenvalue weighted by Gasteiger charge is -2.13. The molecule has 0 radical (unpaired) electrons. The van der Waals surface area contributed by atoms with Crippen LogP contribution in [0.2, 0.25) is 0 Å². The second kappa shape index (κ2) is 5.16. The van der Waals surface area contributed by atoms with Gasteiger partial charge in [0.2, 0.25) is 11.9 Å². The Morgan fingerprint density at radius 1 is 1.30 bits per heavy atom. The summed E-state index contributed by atoms with van der Waals surface area (Å²) in [5.74, 6) is 1.50. The fraction of sp³-hybridized carbons (Fsp3) is 0.214. The number of fused-ring (bicyclic) bond motifs is 1. The van der Waals surface area contributed by atoms with Gasteiger partial charge >= 0.3 is 0 Å². The minimum absolute atomic E-state index is 0.0100. The molecule has 0 aliphatic heterocycles. The van der Waals surface area contributed by atoms with Crippen molar-refractivity contribution in [2.45, 2.75) is 19.4 Å². The zero-order valence-electron chi connectivity index (χ0n) is 11.1. The van der Waals surface area contributed by atoms with Crippen molar-refractivity contribution in [2.75, 3.05) is 11.1 Å². The van der Waals surface area contributed by atoms with Crippen molar-refractivity contribution >= 4 is 22.9 Å². The minimum Gasteiger partial charge on any atom is -0.459 e. The third kappa shape index (κ3) is 2.40. The van der Waals surface area contributed by atoms with Crippen LogP contribution in [0.15, 0.2) is 41.1 Å². The van der Waals surface area contributed by atoms with Gasteiger partial charge in [-0.25, -0.2) is 9.97 Å². The highest BCUT2D eigenvalue weighted by Gasteiger charge is 2.15. The number of hydrogen-bond acceptors (Lipinski definition) is 6. The van der Waals surface area contributed by atoms with E-state index in [4.69, 9.17) is 10.2 Å². The summed E-state index contributed by atoms with van der Waals surface area (Å²) in [7, 11) is 0. The number of furan rings is 1. The SMILES string of the molecule is CCC(Nc1ncnc(N)n1)c1cc2ccccc2o1. The number of para-hydroxylation sites is 1. The van der Waals surface area contributed by atoms with E-state index in [1.165, 1.54) is 6.33 Å². The normalized spacial score (nSPS) is 12.4. The molecule has 3 N–H and O–H groups in total. The van der Waals surface area contributed by atoms with Gasteiger partial charge in [0.25, 0.3) is 0 Å². The number of benzene rings is 1. The van der Waals surface area contributed by atoms with Gasteiger partial charge in [-0.05, 0) is 18.6 Å². The van der Waals surface area contributed by atoms with Crippen molar-refractivity contribution in [1.82, 2.24) is 15.0 Å². The van der Waals surface area contributed by atoms with E-state index < -0.39 is 0 Å². The minimum atomic E-state index is -0.0100. The Kier molecular flexibility index (Phi) is 3.20. The molecule has 1 aromatic carbocycles. The molecule has 3 rings (SSSR count). The summed E-state index contributed by atoms with van der Waals surface area (Å²) >= 11 is 0. The third-order valence-corrected chi connectivity index (χ3v) is 3.09. The Balaban J connectivity index is 1.89. The molecule has 1 unspecified atom stereocenters. The molecule has 1 atom stereocenters. The third-order valence-electron chi connectivity index (χ3n) is 3.09. The summed E-state index contributed by atoms with van der Waals surface area (Å²) in [5, 5.41) is 4.29. The van der Waals surface area contributed by atoms with Crippen molar-refractivity contribution in [3.8, 4) is 0 Å². The Hall–Kier alpha value is -2.63. The molecular formula is C14H15N5O. The van der Waals surface area contributed by atoms with Crippen molar-refractivity contribution in [1.29, 1.82) is 0 Å². The fourth-order valence-electron chi connectivity index (χ4n) is 2.08. The molecule has 0 bridgehead atoms. The highest BCUT2D eigenvalue weighted by Crippen LogP contribution is 2.27. The molecule has 2 aromatic heterocycles. The topological polar surface area (TPSA) is 89.9 Å². The molecule has 0 aliphatic rings. The van der Waals surface area contributed by atoms with E-state index in [1.807, 2.05) is 30.3 Å². The fourth-order valence-corrected chi connectivity index (χ4v) is 2.08. The van der Waals surface area contributed by atoms with Crippen LogP contribution in [0.3, 0.4) is 0 Å². The first-order chi connectivity index (χ1) is 9.76. The molecule has 0 saturated carbocycles. The van der Waals surface area contributed by atoms with E-state index in [2.05, 4.69) is 27.2 Å². The van der Waals surface area contributed by atoms with Gasteiger partial charge in [-0.1, -0.05) is 25.1 Å². The van der Waals surface area contributed by atoms with Gasteiger partial charge in [0, 0.05) is 5.39 Å². The maximum Gasteiger partial charge on any atom is 0.228 e.